The van der Waals surface area contributed by atoms with Crippen molar-refractivity contribution in [3.8, 4) is 16.9 Å². The van der Waals surface area contributed by atoms with Crippen LogP contribution in [-0.4, -0.2) is 45.5 Å². The predicted molar refractivity (Wildman–Crippen MR) is 147 cm³/mol. The number of hydrogen-bond donors (Lipinski definition) is 1. The van der Waals surface area contributed by atoms with Gasteiger partial charge in [-0.1, -0.05) is 35.9 Å². The van der Waals surface area contributed by atoms with Crippen LogP contribution in [-0.2, 0) is 6.54 Å². The van der Waals surface area contributed by atoms with Gasteiger partial charge in [-0.25, -0.2) is 14.1 Å². The van der Waals surface area contributed by atoms with E-state index in [0.29, 0.717) is 6.54 Å². The highest BCUT2D eigenvalue weighted by atomic mass is 35.5. The highest BCUT2D eigenvalue weighted by molar-refractivity contribution is 6.30. The fraction of sp³-hybridized carbons (Fsp3) is 0.241. The number of anilines is 1. The summed E-state index contributed by atoms with van der Waals surface area (Å²) >= 11 is 6.15. The molecule has 1 aliphatic rings. The van der Waals surface area contributed by atoms with Crippen LogP contribution in [0.3, 0.4) is 0 Å². The standard InChI is InChI=1S/C29H28ClFN6/c1-19-16-26-28(27(20(19)2)25-10-11-33-37(25)22-6-4-3-5-7-22)34-29(35-14-12-32-13-15-35)36(26)18-21-8-9-24(31)23(30)17-21/h3-11,16-17,32H,12-15,18H2,1-2H3. The SMILES string of the molecule is Cc1cc2c(nc(N3CCNCC3)n2Cc2ccc(F)c(Cl)c2)c(-c2ccnn2-c2ccccc2)c1C. The monoisotopic (exact) mass is 514 g/mol. The molecule has 1 N–H and O–H groups in total. The largest absolute Gasteiger partial charge is 0.340 e. The summed E-state index contributed by atoms with van der Waals surface area (Å²) in [5.74, 6) is 0.500. The highest BCUT2D eigenvalue weighted by Gasteiger charge is 2.24. The molecule has 3 aromatic carbocycles. The Hall–Kier alpha value is -3.68. The van der Waals surface area contributed by atoms with Crippen molar-refractivity contribution in [2.24, 2.45) is 0 Å². The minimum atomic E-state index is -0.411. The minimum absolute atomic E-state index is 0.130. The highest BCUT2D eigenvalue weighted by Crippen LogP contribution is 2.37. The molecule has 8 heteroatoms. The molecule has 1 saturated heterocycles. The van der Waals surface area contributed by atoms with Crippen LogP contribution in [0.25, 0.3) is 28.0 Å². The third kappa shape index (κ3) is 4.28. The first-order chi connectivity index (χ1) is 18.0. The number of piperazine rings is 1. The third-order valence-corrected chi connectivity index (χ3v) is 7.46. The molecular formula is C29H28ClFN6. The Morgan fingerprint density at radius 2 is 1.78 bits per heavy atom. The van der Waals surface area contributed by atoms with Gasteiger partial charge in [0.15, 0.2) is 0 Å². The van der Waals surface area contributed by atoms with Gasteiger partial charge in [-0.15, -0.1) is 0 Å². The summed E-state index contributed by atoms with van der Waals surface area (Å²) in [5, 5.41) is 8.22. The molecular weight excluding hydrogens is 487 g/mol. The Morgan fingerprint density at radius 1 is 1.00 bits per heavy atom. The van der Waals surface area contributed by atoms with E-state index in [0.717, 1.165) is 65.7 Å². The van der Waals surface area contributed by atoms with Gasteiger partial charge in [-0.3, -0.25) is 0 Å². The summed E-state index contributed by atoms with van der Waals surface area (Å²) in [6, 6.07) is 19.3. The van der Waals surface area contributed by atoms with Crippen LogP contribution in [0.2, 0.25) is 5.02 Å². The first kappa shape index (κ1) is 23.7. The number of benzene rings is 3. The molecule has 188 valence electrons. The summed E-state index contributed by atoms with van der Waals surface area (Å²) in [5.41, 5.74) is 8.31. The molecule has 0 aliphatic carbocycles. The van der Waals surface area contributed by atoms with E-state index in [1.807, 2.05) is 29.1 Å². The van der Waals surface area contributed by atoms with E-state index in [1.54, 1.807) is 12.1 Å². The lowest BCUT2D eigenvalue weighted by Gasteiger charge is -2.29. The van der Waals surface area contributed by atoms with E-state index in [1.165, 1.54) is 17.2 Å². The van der Waals surface area contributed by atoms with Gasteiger partial charge in [0.2, 0.25) is 5.95 Å². The maximum absolute atomic E-state index is 13.9. The van der Waals surface area contributed by atoms with Crippen molar-refractivity contribution >= 4 is 28.6 Å². The summed E-state index contributed by atoms with van der Waals surface area (Å²) < 4.78 is 18.1. The summed E-state index contributed by atoms with van der Waals surface area (Å²) in [6.07, 6.45) is 1.84. The lowest BCUT2D eigenvalue weighted by atomic mass is 9.98. The molecule has 0 bridgehead atoms. The molecule has 1 fully saturated rings. The molecule has 2 aromatic heterocycles. The average molecular weight is 515 g/mol. The lowest BCUT2D eigenvalue weighted by Crippen LogP contribution is -2.44. The summed E-state index contributed by atoms with van der Waals surface area (Å²) in [6.45, 7) is 8.35. The van der Waals surface area contributed by atoms with E-state index in [-0.39, 0.29) is 5.02 Å². The second-order valence-electron chi connectivity index (χ2n) is 9.51. The number of imidazole rings is 1. The second-order valence-corrected chi connectivity index (χ2v) is 9.92. The zero-order valence-corrected chi connectivity index (χ0v) is 21.6. The van der Waals surface area contributed by atoms with Gasteiger partial charge in [-0.2, -0.15) is 5.10 Å². The van der Waals surface area contributed by atoms with Gasteiger partial charge in [0.25, 0.3) is 0 Å². The zero-order valence-electron chi connectivity index (χ0n) is 20.9. The number of para-hydroxylation sites is 1. The maximum Gasteiger partial charge on any atom is 0.206 e. The smallest absolute Gasteiger partial charge is 0.206 e. The van der Waals surface area contributed by atoms with Gasteiger partial charge in [-0.05, 0) is 66.9 Å². The molecule has 1 aliphatic heterocycles. The van der Waals surface area contributed by atoms with Crippen LogP contribution in [0.15, 0.2) is 66.9 Å². The van der Waals surface area contributed by atoms with Crippen molar-refractivity contribution in [1.82, 2.24) is 24.6 Å². The molecule has 37 heavy (non-hydrogen) atoms. The van der Waals surface area contributed by atoms with Crippen molar-refractivity contribution in [2.45, 2.75) is 20.4 Å². The van der Waals surface area contributed by atoms with E-state index in [4.69, 9.17) is 16.6 Å². The number of nitrogens with one attached hydrogen (secondary N) is 1. The number of rotatable bonds is 5. The normalized spacial score (nSPS) is 14.0. The summed E-state index contributed by atoms with van der Waals surface area (Å²) in [4.78, 5) is 7.60. The van der Waals surface area contributed by atoms with Gasteiger partial charge in [0, 0.05) is 31.7 Å². The van der Waals surface area contributed by atoms with E-state index < -0.39 is 5.82 Å². The predicted octanol–water partition coefficient (Wildman–Crippen LogP) is 5.76. The molecule has 0 spiro atoms. The lowest BCUT2D eigenvalue weighted by molar-refractivity contribution is 0.571. The number of halogens is 2. The average Bonchev–Trinajstić information content (AvgIpc) is 3.53. The van der Waals surface area contributed by atoms with Crippen molar-refractivity contribution in [1.29, 1.82) is 0 Å². The number of nitrogens with zero attached hydrogens (tertiary/aromatic N) is 5. The molecule has 0 unspecified atom stereocenters. The van der Waals surface area contributed by atoms with Gasteiger partial charge in [0.1, 0.15) is 11.3 Å². The molecule has 5 aromatic rings. The summed E-state index contributed by atoms with van der Waals surface area (Å²) in [7, 11) is 0. The molecule has 3 heterocycles. The minimum Gasteiger partial charge on any atom is -0.340 e. The molecule has 6 nitrogen and oxygen atoms in total. The van der Waals surface area contributed by atoms with Crippen LogP contribution < -0.4 is 10.2 Å². The fourth-order valence-corrected chi connectivity index (χ4v) is 5.34. The number of aryl methyl sites for hydroxylation is 1. The number of aromatic nitrogens is 4. The number of fused-ring (bicyclic) bond motifs is 1. The Balaban J connectivity index is 1.59. The molecule has 0 saturated carbocycles. The van der Waals surface area contributed by atoms with Crippen molar-refractivity contribution < 1.29 is 4.39 Å². The van der Waals surface area contributed by atoms with E-state index >= 15 is 0 Å². The van der Waals surface area contributed by atoms with E-state index in [2.05, 4.69) is 58.0 Å². The van der Waals surface area contributed by atoms with Crippen molar-refractivity contribution in [2.75, 3.05) is 31.1 Å². The molecule has 0 atom stereocenters. The first-order valence-electron chi connectivity index (χ1n) is 12.5. The van der Waals surface area contributed by atoms with Crippen LogP contribution in [0.4, 0.5) is 10.3 Å². The Bertz CT molecular complexity index is 1580. The van der Waals surface area contributed by atoms with Crippen LogP contribution >= 0.6 is 11.6 Å². The topological polar surface area (TPSA) is 50.9 Å². The Labute approximate surface area is 220 Å². The van der Waals surface area contributed by atoms with Crippen molar-refractivity contribution in [3.63, 3.8) is 0 Å². The van der Waals surface area contributed by atoms with Crippen LogP contribution in [0, 0.1) is 19.7 Å². The molecule has 0 amide bonds. The van der Waals surface area contributed by atoms with Gasteiger partial charge >= 0.3 is 0 Å². The van der Waals surface area contributed by atoms with Gasteiger partial charge in [0.05, 0.1) is 34.7 Å². The van der Waals surface area contributed by atoms with Gasteiger partial charge < -0.3 is 14.8 Å². The fourth-order valence-electron chi connectivity index (χ4n) is 5.14. The van der Waals surface area contributed by atoms with Crippen LogP contribution in [0.5, 0.6) is 0 Å². The maximum atomic E-state index is 13.9. The Kier molecular flexibility index (Phi) is 6.18. The molecule has 0 radical (unpaired) electrons. The molecule has 6 rings (SSSR count). The van der Waals surface area contributed by atoms with Crippen LogP contribution in [0.1, 0.15) is 16.7 Å². The zero-order chi connectivity index (χ0) is 25.5. The first-order valence-corrected chi connectivity index (χ1v) is 12.9. The second kappa shape index (κ2) is 9.65. The number of hydrogen-bond acceptors (Lipinski definition) is 4. The quantitative estimate of drug-likeness (QED) is 0.324. The third-order valence-electron chi connectivity index (χ3n) is 7.17. The van der Waals surface area contributed by atoms with E-state index in [9.17, 15) is 4.39 Å². The Morgan fingerprint density at radius 3 is 2.54 bits per heavy atom. The van der Waals surface area contributed by atoms with Crippen molar-refractivity contribution in [3.05, 3.63) is 94.4 Å².